The van der Waals surface area contributed by atoms with Gasteiger partial charge in [-0.2, -0.15) is 0 Å². The number of hydrogen-bond donors (Lipinski definition) is 0. The van der Waals surface area contributed by atoms with Gasteiger partial charge in [0.2, 0.25) is 0 Å². The second-order valence-corrected chi connectivity index (χ2v) is 8.21. The van der Waals surface area contributed by atoms with E-state index in [1.807, 2.05) is 0 Å². The normalized spacial score (nSPS) is 12.8. The second kappa shape index (κ2) is 8.75. The first-order chi connectivity index (χ1) is 14.6. The molecule has 30 heavy (non-hydrogen) atoms. The first-order valence-corrected chi connectivity index (χ1v) is 11.0. The maximum atomic E-state index is 2.47. The summed E-state index contributed by atoms with van der Waals surface area (Å²) in [5, 5.41) is 2.68. The van der Waals surface area contributed by atoms with Gasteiger partial charge in [-0.05, 0) is 68.0 Å². The molecule has 0 N–H and O–H groups in total. The fourth-order valence-corrected chi connectivity index (χ4v) is 4.60. The third-order valence-corrected chi connectivity index (χ3v) is 5.99. The number of hydrogen-bond acceptors (Lipinski definition) is 0. The van der Waals surface area contributed by atoms with E-state index in [4.69, 9.17) is 0 Å². The third kappa shape index (κ3) is 3.85. The average molecular weight is 394 g/mol. The van der Waals surface area contributed by atoms with Crippen molar-refractivity contribution in [2.24, 2.45) is 0 Å². The molecule has 0 spiro atoms. The van der Waals surface area contributed by atoms with E-state index in [0.717, 1.165) is 19.4 Å². The van der Waals surface area contributed by atoms with Gasteiger partial charge in [0, 0.05) is 28.4 Å². The van der Waals surface area contributed by atoms with Crippen molar-refractivity contribution < 1.29 is 0 Å². The summed E-state index contributed by atoms with van der Waals surface area (Å²) >= 11 is 0. The van der Waals surface area contributed by atoms with E-state index in [2.05, 4.69) is 111 Å². The van der Waals surface area contributed by atoms with Crippen LogP contribution in [0.1, 0.15) is 43.4 Å². The van der Waals surface area contributed by atoms with Gasteiger partial charge >= 0.3 is 0 Å². The maximum Gasteiger partial charge on any atom is 0.0491 e. The molecule has 0 aliphatic rings. The monoisotopic (exact) mass is 393 g/mol. The van der Waals surface area contributed by atoms with Gasteiger partial charge in [-0.25, -0.2) is 0 Å². The summed E-state index contributed by atoms with van der Waals surface area (Å²) in [6.07, 6.45) is 6.83. The molecule has 0 bridgehead atoms. The topological polar surface area (TPSA) is 4.93 Å². The molecule has 1 nitrogen and oxygen atoms in total. The number of aryl methyl sites for hydroxylation is 3. The minimum absolute atomic E-state index is 0.974. The molecule has 1 heteroatoms. The zero-order chi connectivity index (χ0) is 21.1. The minimum atomic E-state index is 0.974. The third-order valence-electron chi connectivity index (χ3n) is 5.99. The number of nitrogens with zero attached hydrogens (tertiary/aromatic N) is 1. The molecular formula is C29H31N. The van der Waals surface area contributed by atoms with Crippen molar-refractivity contribution in [1.29, 1.82) is 0 Å². The average Bonchev–Trinajstić information content (AvgIpc) is 3.06. The Morgan fingerprint density at radius 2 is 1.47 bits per heavy atom. The zero-order valence-corrected chi connectivity index (χ0v) is 18.6. The van der Waals surface area contributed by atoms with Gasteiger partial charge in [-0.1, -0.05) is 79.2 Å². The minimum Gasteiger partial charge on any atom is -0.340 e. The van der Waals surface area contributed by atoms with Crippen molar-refractivity contribution in [3.63, 3.8) is 0 Å². The molecule has 3 aromatic carbocycles. The van der Waals surface area contributed by atoms with E-state index in [0.29, 0.717) is 0 Å². The summed E-state index contributed by atoms with van der Waals surface area (Å²) in [6, 6.07) is 24.3. The SMILES string of the molecule is CC/C=C(C)\C(=C/CCn1c2ccccc2c2ccccc21)c1ccc(C)cc1C. The predicted molar refractivity (Wildman–Crippen MR) is 132 cm³/mol. The van der Waals surface area contributed by atoms with E-state index in [-0.39, 0.29) is 0 Å². The smallest absolute Gasteiger partial charge is 0.0491 e. The Labute approximate surface area is 180 Å². The molecule has 0 saturated heterocycles. The molecule has 0 atom stereocenters. The van der Waals surface area contributed by atoms with Crippen LogP contribution in [-0.2, 0) is 6.54 Å². The lowest BCUT2D eigenvalue weighted by molar-refractivity contribution is 0.762. The van der Waals surface area contributed by atoms with Crippen molar-refractivity contribution in [2.45, 2.75) is 47.1 Å². The van der Waals surface area contributed by atoms with Gasteiger partial charge in [0.1, 0.15) is 0 Å². The van der Waals surface area contributed by atoms with E-state index in [1.54, 1.807) is 0 Å². The van der Waals surface area contributed by atoms with Gasteiger partial charge in [0.25, 0.3) is 0 Å². The molecule has 0 unspecified atom stereocenters. The molecule has 0 aliphatic heterocycles. The van der Waals surface area contributed by atoms with Gasteiger partial charge < -0.3 is 4.57 Å². The van der Waals surface area contributed by atoms with Crippen LogP contribution >= 0.6 is 0 Å². The summed E-state index contributed by atoms with van der Waals surface area (Å²) in [4.78, 5) is 0. The largest absolute Gasteiger partial charge is 0.340 e. The van der Waals surface area contributed by atoms with Gasteiger partial charge in [-0.3, -0.25) is 0 Å². The standard InChI is InChI=1S/C29H31N/c1-5-11-22(3)24(25-18-17-21(2)20-23(25)4)14-10-19-30-28-15-8-6-12-26(28)27-13-7-9-16-29(27)30/h6-9,11-18,20H,5,10,19H2,1-4H3/b22-11-,24-14+. The molecule has 152 valence electrons. The first kappa shape index (κ1) is 20.2. The Morgan fingerprint density at radius 1 is 0.833 bits per heavy atom. The fraction of sp³-hybridized carbons (Fsp3) is 0.241. The summed E-state index contributed by atoms with van der Waals surface area (Å²) in [5.74, 6) is 0. The van der Waals surface area contributed by atoms with Gasteiger partial charge in [0.15, 0.2) is 0 Å². The van der Waals surface area contributed by atoms with Crippen LogP contribution in [0.2, 0.25) is 0 Å². The number of para-hydroxylation sites is 2. The Bertz CT molecular complexity index is 1200. The van der Waals surface area contributed by atoms with Crippen LogP contribution in [0.3, 0.4) is 0 Å². The van der Waals surface area contributed by atoms with E-state index < -0.39 is 0 Å². The maximum absolute atomic E-state index is 2.47. The molecule has 0 saturated carbocycles. The number of aromatic nitrogens is 1. The number of benzene rings is 3. The van der Waals surface area contributed by atoms with Crippen molar-refractivity contribution in [2.75, 3.05) is 0 Å². The molecule has 0 amide bonds. The molecule has 4 aromatic rings. The lowest BCUT2D eigenvalue weighted by Crippen LogP contribution is -1.98. The van der Waals surface area contributed by atoms with Gasteiger partial charge in [0.05, 0.1) is 0 Å². The molecular weight excluding hydrogens is 362 g/mol. The van der Waals surface area contributed by atoms with Crippen LogP contribution in [0, 0.1) is 13.8 Å². The first-order valence-electron chi connectivity index (χ1n) is 11.0. The van der Waals surface area contributed by atoms with Crippen LogP contribution < -0.4 is 0 Å². The van der Waals surface area contributed by atoms with Crippen molar-refractivity contribution in [3.8, 4) is 0 Å². The van der Waals surface area contributed by atoms with Crippen molar-refractivity contribution in [1.82, 2.24) is 4.57 Å². The Kier molecular flexibility index (Phi) is 5.90. The highest BCUT2D eigenvalue weighted by atomic mass is 15.0. The lowest BCUT2D eigenvalue weighted by atomic mass is 9.92. The zero-order valence-electron chi connectivity index (χ0n) is 18.6. The number of rotatable bonds is 6. The quantitative estimate of drug-likeness (QED) is 0.291. The van der Waals surface area contributed by atoms with Crippen LogP contribution in [0.4, 0.5) is 0 Å². The highest BCUT2D eigenvalue weighted by Gasteiger charge is 2.10. The molecule has 1 aromatic heterocycles. The highest BCUT2D eigenvalue weighted by Crippen LogP contribution is 2.30. The number of allylic oxidation sites excluding steroid dienone is 4. The van der Waals surface area contributed by atoms with Crippen molar-refractivity contribution >= 4 is 27.4 Å². The fourth-order valence-electron chi connectivity index (χ4n) is 4.60. The van der Waals surface area contributed by atoms with Crippen LogP contribution in [0.15, 0.2) is 84.5 Å². The molecule has 0 radical (unpaired) electrons. The Balaban J connectivity index is 1.72. The molecule has 0 aliphatic carbocycles. The second-order valence-electron chi connectivity index (χ2n) is 8.21. The van der Waals surface area contributed by atoms with Crippen LogP contribution in [0.25, 0.3) is 27.4 Å². The summed E-state index contributed by atoms with van der Waals surface area (Å²) < 4.78 is 2.47. The van der Waals surface area contributed by atoms with Crippen molar-refractivity contribution in [3.05, 3.63) is 101 Å². The number of fused-ring (bicyclic) bond motifs is 3. The lowest BCUT2D eigenvalue weighted by Gasteiger charge is -2.14. The van der Waals surface area contributed by atoms with Gasteiger partial charge in [-0.15, -0.1) is 0 Å². The Morgan fingerprint density at radius 3 is 2.07 bits per heavy atom. The molecule has 1 heterocycles. The Hall–Kier alpha value is -3.06. The molecule has 4 rings (SSSR count). The summed E-state index contributed by atoms with van der Waals surface area (Å²) in [6.45, 7) is 9.82. The van der Waals surface area contributed by atoms with E-state index >= 15 is 0 Å². The van der Waals surface area contributed by atoms with E-state index in [9.17, 15) is 0 Å². The van der Waals surface area contributed by atoms with Crippen LogP contribution in [0.5, 0.6) is 0 Å². The summed E-state index contributed by atoms with van der Waals surface area (Å²) in [5.41, 5.74) is 9.40. The van der Waals surface area contributed by atoms with E-state index in [1.165, 1.54) is 49.6 Å². The predicted octanol–water partition coefficient (Wildman–Crippen LogP) is 8.24. The summed E-state index contributed by atoms with van der Waals surface area (Å²) in [7, 11) is 0. The van der Waals surface area contributed by atoms with Crippen LogP contribution in [-0.4, -0.2) is 4.57 Å². The highest BCUT2D eigenvalue weighted by molar-refractivity contribution is 6.07. The molecule has 0 fully saturated rings.